The van der Waals surface area contributed by atoms with Crippen molar-refractivity contribution in [1.29, 1.82) is 0 Å². The summed E-state index contributed by atoms with van der Waals surface area (Å²) in [5, 5.41) is 2.70. The number of nitrogens with one attached hydrogen (secondary N) is 1. The van der Waals surface area contributed by atoms with Crippen LogP contribution in [0.3, 0.4) is 0 Å². The molecule has 0 aromatic heterocycles. The molecule has 1 N–H and O–H groups in total. The summed E-state index contributed by atoms with van der Waals surface area (Å²) >= 11 is 0. The monoisotopic (exact) mass is 314 g/mol. The number of benzene rings is 1. The van der Waals surface area contributed by atoms with Crippen LogP contribution in [0.5, 0.6) is 0 Å². The molecule has 0 atom stereocenters. The Bertz CT molecular complexity index is 595. The number of nitrogens with zero attached hydrogens (tertiary/aromatic N) is 1. The quantitative estimate of drug-likeness (QED) is 0.846. The molecule has 2 aliphatic rings. The Kier molecular flexibility index (Phi) is 4.48. The molecule has 122 valence electrons. The van der Waals surface area contributed by atoms with E-state index in [1.54, 1.807) is 0 Å². The molecule has 0 saturated carbocycles. The number of anilines is 1. The summed E-state index contributed by atoms with van der Waals surface area (Å²) in [5.74, 6) is -0.0119. The van der Waals surface area contributed by atoms with E-state index in [2.05, 4.69) is 11.9 Å². The molecule has 0 bridgehead atoms. The van der Waals surface area contributed by atoms with Crippen molar-refractivity contribution in [3.8, 4) is 0 Å². The molecule has 0 unspecified atom stereocenters. The molecule has 1 spiro atoms. The van der Waals surface area contributed by atoms with Gasteiger partial charge in [-0.05, 0) is 36.6 Å². The van der Waals surface area contributed by atoms with E-state index in [-0.39, 0.29) is 17.2 Å². The van der Waals surface area contributed by atoms with E-state index >= 15 is 0 Å². The van der Waals surface area contributed by atoms with Crippen LogP contribution in [-0.4, -0.2) is 43.0 Å². The summed E-state index contributed by atoms with van der Waals surface area (Å²) < 4.78 is 5.43. The molecule has 0 radical (unpaired) electrons. The molecule has 3 rings (SSSR count). The van der Waals surface area contributed by atoms with Gasteiger partial charge in [-0.3, -0.25) is 9.59 Å². The minimum Gasteiger partial charge on any atom is -0.381 e. The van der Waals surface area contributed by atoms with Gasteiger partial charge >= 0.3 is 0 Å². The summed E-state index contributed by atoms with van der Waals surface area (Å²) in [6.07, 6.45) is 3.56. The molecular weight excluding hydrogens is 292 g/mol. The summed E-state index contributed by atoms with van der Waals surface area (Å²) in [5.41, 5.74) is 2.07. The molecule has 0 aliphatic carbocycles. The van der Waals surface area contributed by atoms with Crippen molar-refractivity contribution in [2.75, 3.05) is 31.6 Å². The molecule has 5 nitrogen and oxygen atoms in total. The van der Waals surface area contributed by atoms with Crippen LogP contribution in [0, 0.1) is 5.41 Å². The zero-order valence-electron chi connectivity index (χ0n) is 13.2. The first-order chi connectivity index (χ1) is 11.1. The average molecular weight is 314 g/mol. The molecule has 2 amide bonds. The topological polar surface area (TPSA) is 58.6 Å². The predicted octanol–water partition coefficient (Wildman–Crippen LogP) is 1.99. The highest BCUT2D eigenvalue weighted by Crippen LogP contribution is 2.38. The van der Waals surface area contributed by atoms with Crippen molar-refractivity contribution < 1.29 is 14.3 Å². The third-order valence-corrected chi connectivity index (χ3v) is 4.62. The summed E-state index contributed by atoms with van der Waals surface area (Å²) in [4.78, 5) is 25.4. The molecule has 2 aliphatic heterocycles. The van der Waals surface area contributed by atoms with Crippen LogP contribution < -0.4 is 5.32 Å². The van der Waals surface area contributed by atoms with Crippen LogP contribution in [-0.2, 0) is 20.7 Å². The number of aryl methyl sites for hydroxylation is 1. The van der Waals surface area contributed by atoms with Gasteiger partial charge in [0.25, 0.3) is 0 Å². The fourth-order valence-corrected chi connectivity index (χ4v) is 3.20. The lowest BCUT2D eigenvalue weighted by Gasteiger charge is -2.47. The molecule has 23 heavy (non-hydrogen) atoms. The first-order valence-corrected chi connectivity index (χ1v) is 7.98. The van der Waals surface area contributed by atoms with E-state index in [9.17, 15) is 9.59 Å². The van der Waals surface area contributed by atoms with Crippen molar-refractivity contribution in [3.05, 3.63) is 42.5 Å². The minimum absolute atomic E-state index is 0.214. The van der Waals surface area contributed by atoms with Gasteiger partial charge in [0.2, 0.25) is 11.8 Å². The number of carbonyl (C=O) groups excluding carboxylic acids is 2. The van der Waals surface area contributed by atoms with Gasteiger partial charge < -0.3 is 15.0 Å². The number of hydrogen-bond acceptors (Lipinski definition) is 3. The van der Waals surface area contributed by atoms with E-state index in [1.807, 2.05) is 29.2 Å². The third-order valence-electron chi connectivity index (χ3n) is 4.62. The second kappa shape index (κ2) is 6.54. The van der Waals surface area contributed by atoms with Crippen LogP contribution in [0.15, 0.2) is 36.9 Å². The van der Waals surface area contributed by atoms with Crippen molar-refractivity contribution in [2.24, 2.45) is 5.41 Å². The van der Waals surface area contributed by atoms with Crippen LogP contribution in [0.1, 0.15) is 18.4 Å². The Morgan fingerprint density at radius 2 is 2.04 bits per heavy atom. The number of amides is 2. The van der Waals surface area contributed by atoms with Gasteiger partial charge in [-0.15, -0.1) is 0 Å². The Labute approximate surface area is 136 Å². The second-order valence-corrected chi connectivity index (χ2v) is 6.44. The van der Waals surface area contributed by atoms with Gasteiger partial charge in [0.15, 0.2) is 0 Å². The smallest absolute Gasteiger partial charge is 0.247 e. The average Bonchev–Trinajstić information content (AvgIpc) is 3.02. The van der Waals surface area contributed by atoms with Gasteiger partial charge in [-0.1, -0.05) is 18.7 Å². The molecule has 2 saturated heterocycles. The zero-order valence-corrected chi connectivity index (χ0v) is 13.2. The highest BCUT2D eigenvalue weighted by atomic mass is 16.5. The lowest BCUT2D eigenvalue weighted by atomic mass is 9.79. The largest absolute Gasteiger partial charge is 0.381 e. The minimum atomic E-state index is -0.226. The molecule has 2 heterocycles. The number of likely N-dealkylation sites (tertiary alicyclic amines) is 1. The maximum absolute atomic E-state index is 12.2. The number of hydrogen-bond donors (Lipinski definition) is 1. The molecule has 1 aromatic rings. The molecule has 5 heteroatoms. The summed E-state index contributed by atoms with van der Waals surface area (Å²) in [6, 6.07) is 7.56. The van der Waals surface area contributed by atoms with E-state index < -0.39 is 0 Å². The zero-order chi connectivity index (χ0) is 16.3. The number of rotatable bonds is 5. The van der Waals surface area contributed by atoms with Crippen LogP contribution in [0.2, 0.25) is 0 Å². The highest BCUT2D eigenvalue weighted by Gasteiger charge is 2.47. The van der Waals surface area contributed by atoms with Gasteiger partial charge in [0.1, 0.15) is 0 Å². The Morgan fingerprint density at radius 3 is 2.65 bits per heavy atom. The van der Waals surface area contributed by atoms with Crippen LogP contribution >= 0.6 is 0 Å². The van der Waals surface area contributed by atoms with Gasteiger partial charge in [0.05, 0.1) is 6.61 Å². The Morgan fingerprint density at radius 1 is 1.30 bits per heavy atom. The van der Waals surface area contributed by atoms with Gasteiger partial charge in [-0.2, -0.15) is 0 Å². The lowest BCUT2D eigenvalue weighted by molar-refractivity contribution is -0.143. The second-order valence-electron chi connectivity index (χ2n) is 6.44. The Balaban J connectivity index is 1.44. The number of carbonyl (C=O) groups is 2. The predicted molar refractivity (Wildman–Crippen MR) is 88.0 cm³/mol. The first-order valence-electron chi connectivity index (χ1n) is 7.98. The lowest BCUT2D eigenvalue weighted by Crippen LogP contribution is -2.58. The van der Waals surface area contributed by atoms with Crippen LogP contribution in [0.4, 0.5) is 5.69 Å². The molecule has 1 aromatic carbocycles. The highest BCUT2D eigenvalue weighted by molar-refractivity contribution is 5.98. The van der Waals surface area contributed by atoms with Crippen molar-refractivity contribution >= 4 is 17.5 Å². The van der Waals surface area contributed by atoms with E-state index in [0.717, 1.165) is 44.0 Å². The van der Waals surface area contributed by atoms with Crippen molar-refractivity contribution in [1.82, 2.24) is 4.90 Å². The molecular formula is C18H22N2O3. The normalized spacial score (nSPS) is 18.5. The van der Waals surface area contributed by atoms with E-state index in [1.165, 1.54) is 6.08 Å². The fourth-order valence-electron chi connectivity index (χ4n) is 3.20. The van der Waals surface area contributed by atoms with Gasteiger partial charge in [0, 0.05) is 37.2 Å². The van der Waals surface area contributed by atoms with Crippen LogP contribution in [0.25, 0.3) is 0 Å². The standard InChI is InChI=1S/C18H22N2O3/c1-2-16(21)19-15-6-3-14(4-7-15)5-8-17(22)20-11-18(12-20)9-10-23-13-18/h2-4,6-7H,1,5,8-13H2,(H,19,21). The third kappa shape index (κ3) is 3.62. The van der Waals surface area contributed by atoms with Gasteiger partial charge in [-0.25, -0.2) is 0 Å². The van der Waals surface area contributed by atoms with E-state index in [0.29, 0.717) is 12.8 Å². The first kappa shape index (κ1) is 15.7. The van der Waals surface area contributed by atoms with E-state index in [4.69, 9.17) is 4.74 Å². The summed E-state index contributed by atoms with van der Waals surface area (Å²) in [6.45, 7) is 6.74. The molecule has 2 fully saturated rings. The maximum Gasteiger partial charge on any atom is 0.247 e. The SMILES string of the molecule is C=CC(=O)Nc1ccc(CCC(=O)N2CC3(CCOC3)C2)cc1. The Hall–Kier alpha value is -2.14. The maximum atomic E-state index is 12.2. The number of ether oxygens (including phenoxy) is 1. The fraction of sp³-hybridized carbons (Fsp3) is 0.444. The summed E-state index contributed by atoms with van der Waals surface area (Å²) in [7, 11) is 0. The van der Waals surface area contributed by atoms with Crippen molar-refractivity contribution in [3.63, 3.8) is 0 Å². The van der Waals surface area contributed by atoms with Crippen molar-refractivity contribution in [2.45, 2.75) is 19.3 Å².